The van der Waals surface area contributed by atoms with Gasteiger partial charge in [-0.15, -0.1) is 0 Å². The van der Waals surface area contributed by atoms with Gasteiger partial charge in [0.25, 0.3) is 0 Å². The molecule has 0 bridgehead atoms. The van der Waals surface area contributed by atoms with E-state index in [1.165, 1.54) is 0 Å². The van der Waals surface area contributed by atoms with E-state index < -0.39 is 0 Å². The summed E-state index contributed by atoms with van der Waals surface area (Å²) in [5.41, 5.74) is 0.962. The van der Waals surface area contributed by atoms with Crippen molar-refractivity contribution in [2.24, 2.45) is 5.41 Å². The molecule has 0 spiro atoms. The quantitative estimate of drug-likeness (QED) is 0.767. The summed E-state index contributed by atoms with van der Waals surface area (Å²) in [5, 5.41) is -0.324. The van der Waals surface area contributed by atoms with Crippen LogP contribution >= 0.6 is 11.6 Å². The molecule has 3 nitrogen and oxygen atoms in total. The molecule has 0 fully saturated rings. The van der Waals surface area contributed by atoms with Gasteiger partial charge in [-0.3, -0.25) is 4.79 Å². The summed E-state index contributed by atoms with van der Waals surface area (Å²) in [5.74, 6) is 1.38. The number of carbonyl (C=O) groups is 1. The third kappa shape index (κ3) is 4.13. The van der Waals surface area contributed by atoms with E-state index in [2.05, 4.69) is 20.8 Å². The monoisotopic (exact) mass is 284 g/mol. The number of rotatable bonds is 5. The summed E-state index contributed by atoms with van der Waals surface area (Å²) in [6.07, 6.45) is 0.306. The Morgan fingerprint density at radius 3 is 2.21 bits per heavy atom. The van der Waals surface area contributed by atoms with Gasteiger partial charge < -0.3 is 9.47 Å². The van der Waals surface area contributed by atoms with Crippen LogP contribution < -0.4 is 9.47 Å². The first-order chi connectivity index (χ1) is 8.79. The Morgan fingerprint density at radius 1 is 1.21 bits per heavy atom. The zero-order valence-electron chi connectivity index (χ0n) is 12.1. The van der Waals surface area contributed by atoms with E-state index in [9.17, 15) is 4.79 Å². The topological polar surface area (TPSA) is 35.5 Å². The maximum atomic E-state index is 11.3. The first-order valence-corrected chi connectivity index (χ1v) is 6.57. The van der Waals surface area contributed by atoms with Crippen LogP contribution in [0.4, 0.5) is 0 Å². The summed E-state index contributed by atoms with van der Waals surface area (Å²) < 4.78 is 10.5. The molecule has 0 N–H and O–H groups in total. The second-order valence-electron chi connectivity index (χ2n) is 5.59. The lowest BCUT2D eigenvalue weighted by atomic mass is 9.75. The number of halogens is 1. The molecule has 0 aliphatic heterocycles. The average molecular weight is 285 g/mol. The molecule has 4 heteroatoms. The first-order valence-electron chi connectivity index (χ1n) is 6.20. The van der Waals surface area contributed by atoms with E-state index in [-0.39, 0.29) is 16.6 Å². The van der Waals surface area contributed by atoms with E-state index in [0.717, 1.165) is 5.56 Å². The van der Waals surface area contributed by atoms with Crippen LogP contribution in [0.25, 0.3) is 0 Å². The molecule has 0 saturated carbocycles. The van der Waals surface area contributed by atoms with Crippen LogP contribution in [0.1, 0.15) is 38.7 Å². The van der Waals surface area contributed by atoms with Crippen LogP contribution in [-0.4, -0.2) is 19.5 Å². The van der Waals surface area contributed by atoms with Gasteiger partial charge in [0.15, 0.2) is 11.5 Å². The molecule has 1 aromatic carbocycles. The standard InChI is InChI=1S/C15H21ClO3/c1-15(2,3)11(9-14(16)17)10-6-7-12(18-4)13(8-10)19-5/h6-8,11H,9H2,1-5H3. The van der Waals surface area contributed by atoms with Crippen LogP contribution in [0.2, 0.25) is 0 Å². The molecule has 1 rings (SSSR count). The first kappa shape index (κ1) is 15.8. The van der Waals surface area contributed by atoms with Crippen molar-refractivity contribution in [1.82, 2.24) is 0 Å². The van der Waals surface area contributed by atoms with E-state index in [4.69, 9.17) is 21.1 Å². The van der Waals surface area contributed by atoms with Gasteiger partial charge in [0, 0.05) is 6.42 Å². The van der Waals surface area contributed by atoms with Crippen molar-refractivity contribution in [3.05, 3.63) is 23.8 Å². The second kappa shape index (κ2) is 6.29. The fourth-order valence-electron chi connectivity index (χ4n) is 2.15. The zero-order chi connectivity index (χ0) is 14.6. The summed E-state index contributed by atoms with van der Waals surface area (Å²) >= 11 is 5.57. The van der Waals surface area contributed by atoms with Gasteiger partial charge in [0.1, 0.15) is 0 Å². The highest BCUT2D eigenvalue weighted by molar-refractivity contribution is 6.63. The minimum Gasteiger partial charge on any atom is -0.493 e. The van der Waals surface area contributed by atoms with Crippen molar-refractivity contribution in [2.45, 2.75) is 33.1 Å². The number of carbonyl (C=O) groups excluding carboxylic acids is 1. The number of benzene rings is 1. The number of hydrogen-bond acceptors (Lipinski definition) is 3. The molecule has 1 unspecified atom stereocenters. The molecular formula is C15H21ClO3. The summed E-state index contributed by atoms with van der Waals surface area (Å²) in [4.78, 5) is 11.3. The number of ether oxygens (including phenoxy) is 2. The van der Waals surface area contributed by atoms with Crippen LogP contribution in [0.5, 0.6) is 11.5 Å². The van der Waals surface area contributed by atoms with Crippen LogP contribution in [-0.2, 0) is 4.79 Å². The maximum absolute atomic E-state index is 11.3. The lowest BCUT2D eigenvalue weighted by Gasteiger charge is -2.30. The van der Waals surface area contributed by atoms with Crippen LogP contribution in [0, 0.1) is 5.41 Å². The largest absolute Gasteiger partial charge is 0.493 e. The SMILES string of the molecule is COc1ccc(C(CC(=O)Cl)C(C)(C)C)cc1OC. The molecule has 0 saturated heterocycles. The van der Waals surface area contributed by atoms with Gasteiger partial charge in [0.05, 0.1) is 14.2 Å². The van der Waals surface area contributed by atoms with Crippen LogP contribution in [0.15, 0.2) is 18.2 Å². The number of hydrogen-bond donors (Lipinski definition) is 0. The summed E-state index contributed by atoms with van der Waals surface area (Å²) in [7, 11) is 3.20. The third-order valence-corrected chi connectivity index (χ3v) is 3.37. The minimum absolute atomic E-state index is 0.0392. The van der Waals surface area contributed by atoms with Gasteiger partial charge in [-0.2, -0.15) is 0 Å². The fourth-order valence-corrected chi connectivity index (χ4v) is 2.31. The molecule has 106 valence electrons. The molecule has 0 aliphatic carbocycles. The van der Waals surface area contributed by atoms with E-state index in [0.29, 0.717) is 17.9 Å². The van der Waals surface area contributed by atoms with E-state index in [1.54, 1.807) is 14.2 Å². The minimum atomic E-state index is -0.324. The molecule has 0 amide bonds. The van der Waals surface area contributed by atoms with Crippen LogP contribution in [0.3, 0.4) is 0 Å². The third-order valence-electron chi connectivity index (χ3n) is 3.22. The van der Waals surface area contributed by atoms with Gasteiger partial charge in [0.2, 0.25) is 5.24 Å². The van der Waals surface area contributed by atoms with Gasteiger partial charge >= 0.3 is 0 Å². The van der Waals surface area contributed by atoms with Crippen molar-refractivity contribution < 1.29 is 14.3 Å². The Hall–Kier alpha value is -1.22. The number of methoxy groups -OCH3 is 2. The van der Waals surface area contributed by atoms with Gasteiger partial charge in [-0.1, -0.05) is 26.8 Å². The second-order valence-corrected chi connectivity index (χ2v) is 6.01. The Morgan fingerprint density at radius 2 is 1.79 bits per heavy atom. The summed E-state index contributed by atoms with van der Waals surface area (Å²) in [6.45, 7) is 6.27. The molecule has 1 atom stereocenters. The van der Waals surface area contributed by atoms with Crippen molar-refractivity contribution in [3.8, 4) is 11.5 Å². The molecule has 1 aromatic rings. The predicted molar refractivity (Wildman–Crippen MR) is 77.2 cm³/mol. The Kier molecular flexibility index (Phi) is 5.24. The van der Waals surface area contributed by atoms with E-state index >= 15 is 0 Å². The van der Waals surface area contributed by atoms with Crippen molar-refractivity contribution in [1.29, 1.82) is 0 Å². The van der Waals surface area contributed by atoms with Crippen molar-refractivity contribution in [2.75, 3.05) is 14.2 Å². The fraction of sp³-hybridized carbons (Fsp3) is 0.533. The molecule has 0 aliphatic rings. The average Bonchev–Trinajstić information content (AvgIpc) is 2.33. The lowest BCUT2D eigenvalue weighted by Crippen LogP contribution is -2.20. The Bertz CT molecular complexity index is 449. The normalized spacial score (nSPS) is 12.9. The maximum Gasteiger partial charge on any atom is 0.222 e. The smallest absolute Gasteiger partial charge is 0.222 e. The van der Waals surface area contributed by atoms with Crippen molar-refractivity contribution in [3.63, 3.8) is 0 Å². The molecular weight excluding hydrogens is 264 g/mol. The Balaban J connectivity index is 3.19. The lowest BCUT2D eigenvalue weighted by molar-refractivity contribution is -0.112. The molecule has 0 radical (unpaired) electrons. The zero-order valence-corrected chi connectivity index (χ0v) is 12.9. The molecule has 0 aromatic heterocycles. The summed E-state index contributed by atoms with van der Waals surface area (Å²) in [6, 6.07) is 5.72. The molecule has 19 heavy (non-hydrogen) atoms. The van der Waals surface area contributed by atoms with Gasteiger partial charge in [-0.25, -0.2) is 0 Å². The highest BCUT2D eigenvalue weighted by Gasteiger charge is 2.28. The molecule has 0 heterocycles. The van der Waals surface area contributed by atoms with Crippen molar-refractivity contribution >= 4 is 16.8 Å². The van der Waals surface area contributed by atoms with E-state index in [1.807, 2.05) is 18.2 Å². The highest BCUT2D eigenvalue weighted by Crippen LogP contribution is 2.41. The Labute approximate surface area is 119 Å². The van der Waals surface area contributed by atoms with Gasteiger partial charge in [-0.05, 0) is 40.6 Å². The highest BCUT2D eigenvalue weighted by atomic mass is 35.5. The predicted octanol–water partition coefficient (Wildman–Crippen LogP) is 3.99.